The van der Waals surface area contributed by atoms with Crippen molar-refractivity contribution in [1.29, 1.82) is 0 Å². The molecule has 0 bridgehead atoms. The van der Waals surface area contributed by atoms with E-state index in [2.05, 4.69) is 4.90 Å². The summed E-state index contributed by atoms with van der Waals surface area (Å²) in [5, 5.41) is 10.1. The Labute approximate surface area is 235 Å². The SMILES string of the molecule is CCCC(C)(C(=O)O)c1cc(-c2ccc(C(F)(F)F)cc2)cc(C2CCN(Cc3ccc(C(F)(F)F)cc3)CC2)c1. The zero-order chi connectivity index (χ0) is 30.0. The Morgan fingerprint density at radius 3 is 1.83 bits per heavy atom. The van der Waals surface area contributed by atoms with Crippen LogP contribution in [0.25, 0.3) is 11.1 Å². The first kappa shape index (κ1) is 30.6. The summed E-state index contributed by atoms with van der Waals surface area (Å²) >= 11 is 0. The molecule has 1 fully saturated rings. The number of benzene rings is 3. The van der Waals surface area contributed by atoms with Gasteiger partial charge in [0, 0.05) is 6.54 Å². The van der Waals surface area contributed by atoms with Gasteiger partial charge >= 0.3 is 18.3 Å². The highest BCUT2D eigenvalue weighted by Gasteiger charge is 2.36. The average Bonchev–Trinajstić information content (AvgIpc) is 2.92. The van der Waals surface area contributed by atoms with Crippen LogP contribution in [0.3, 0.4) is 0 Å². The lowest BCUT2D eigenvalue weighted by Gasteiger charge is -2.33. The van der Waals surface area contributed by atoms with E-state index in [1.54, 1.807) is 13.0 Å². The predicted molar refractivity (Wildman–Crippen MR) is 145 cm³/mol. The number of halogens is 6. The van der Waals surface area contributed by atoms with E-state index in [9.17, 15) is 36.2 Å². The molecular formula is C32H33F6NO2. The minimum Gasteiger partial charge on any atom is -0.481 e. The van der Waals surface area contributed by atoms with Crippen molar-refractivity contribution in [3.63, 3.8) is 0 Å². The van der Waals surface area contributed by atoms with Crippen molar-refractivity contribution >= 4 is 5.97 Å². The van der Waals surface area contributed by atoms with Crippen molar-refractivity contribution in [2.75, 3.05) is 13.1 Å². The highest BCUT2D eigenvalue weighted by molar-refractivity contribution is 5.82. The Kier molecular flexibility index (Phi) is 8.87. The van der Waals surface area contributed by atoms with E-state index in [0.29, 0.717) is 49.2 Å². The molecule has 0 saturated carbocycles. The molecule has 0 amide bonds. The van der Waals surface area contributed by atoms with Gasteiger partial charge in [-0.05, 0) is 103 Å². The van der Waals surface area contributed by atoms with E-state index in [1.807, 2.05) is 19.1 Å². The first-order valence-corrected chi connectivity index (χ1v) is 13.7. The van der Waals surface area contributed by atoms with Crippen LogP contribution in [0.5, 0.6) is 0 Å². The highest BCUT2D eigenvalue weighted by Crippen LogP contribution is 2.39. The van der Waals surface area contributed by atoms with E-state index in [0.717, 1.165) is 48.2 Å². The second kappa shape index (κ2) is 11.9. The molecule has 1 atom stereocenters. The van der Waals surface area contributed by atoms with Gasteiger partial charge in [-0.1, -0.05) is 49.7 Å². The molecule has 0 aromatic heterocycles. The summed E-state index contributed by atoms with van der Waals surface area (Å²) in [7, 11) is 0. The number of likely N-dealkylation sites (tertiary alicyclic amines) is 1. The van der Waals surface area contributed by atoms with Crippen molar-refractivity contribution in [2.24, 2.45) is 0 Å². The Morgan fingerprint density at radius 1 is 0.805 bits per heavy atom. The topological polar surface area (TPSA) is 40.5 Å². The molecule has 1 N–H and O–H groups in total. The average molecular weight is 578 g/mol. The van der Waals surface area contributed by atoms with Gasteiger partial charge in [0.25, 0.3) is 0 Å². The fourth-order valence-corrected chi connectivity index (χ4v) is 5.58. The third-order valence-corrected chi connectivity index (χ3v) is 8.11. The summed E-state index contributed by atoms with van der Waals surface area (Å²) in [6, 6.07) is 15.7. The monoisotopic (exact) mass is 577 g/mol. The quantitative estimate of drug-likeness (QED) is 0.272. The second-order valence-corrected chi connectivity index (χ2v) is 11.1. The Hall–Kier alpha value is -3.33. The number of hydrogen-bond donors (Lipinski definition) is 1. The lowest BCUT2D eigenvalue weighted by molar-refractivity contribution is -0.143. The molecule has 0 aliphatic carbocycles. The standard InChI is InChI=1S/C32H33F6NO2/c1-3-14-30(2,29(40)41)28-18-24(22-6-10-27(11-7-22)32(36,37)38)17-25(19-28)23-12-15-39(16-13-23)20-21-4-8-26(9-5-21)31(33,34)35/h4-11,17-19,23H,3,12-16,20H2,1-2H3,(H,40,41). The first-order valence-electron chi connectivity index (χ1n) is 13.7. The molecule has 9 heteroatoms. The molecule has 1 unspecified atom stereocenters. The number of aliphatic carboxylic acids is 1. The Morgan fingerprint density at radius 2 is 1.34 bits per heavy atom. The first-order chi connectivity index (χ1) is 19.2. The molecule has 1 saturated heterocycles. The number of hydrogen-bond acceptors (Lipinski definition) is 2. The van der Waals surface area contributed by atoms with Crippen LogP contribution in [0, 0.1) is 0 Å². The molecule has 220 valence electrons. The maximum absolute atomic E-state index is 13.1. The van der Waals surface area contributed by atoms with Crippen molar-refractivity contribution in [3.05, 3.63) is 94.5 Å². The maximum atomic E-state index is 13.1. The van der Waals surface area contributed by atoms with Crippen molar-refractivity contribution in [1.82, 2.24) is 4.90 Å². The minimum absolute atomic E-state index is 0.103. The van der Waals surface area contributed by atoms with E-state index >= 15 is 0 Å². The van der Waals surface area contributed by atoms with Gasteiger partial charge in [-0.15, -0.1) is 0 Å². The molecule has 3 aromatic carbocycles. The van der Waals surface area contributed by atoms with Gasteiger partial charge in [0.05, 0.1) is 16.5 Å². The van der Waals surface area contributed by atoms with E-state index in [4.69, 9.17) is 0 Å². The Bertz CT molecular complexity index is 1340. The lowest BCUT2D eigenvalue weighted by Crippen LogP contribution is -2.34. The largest absolute Gasteiger partial charge is 0.481 e. The molecule has 41 heavy (non-hydrogen) atoms. The van der Waals surface area contributed by atoms with Crippen molar-refractivity contribution < 1.29 is 36.2 Å². The fourth-order valence-electron chi connectivity index (χ4n) is 5.58. The van der Waals surface area contributed by atoms with Gasteiger partial charge in [0.1, 0.15) is 0 Å². The van der Waals surface area contributed by atoms with Crippen molar-refractivity contribution in [2.45, 2.75) is 69.8 Å². The number of nitrogens with zero attached hydrogens (tertiary/aromatic N) is 1. The van der Waals surface area contributed by atoms with Gasteiger partial charge in [-0.3, -0.25) is 9.69 Å². The summed E-state index contributed by atoms with van der Waals surface area (Å²) in [6.07, 6.45) is -6.27. The van der Waals surface area contributed by atoms with Crippen LogP contribution in [0.4, 0.5) is 26.3 Å². The molecule has 1 aliphatic heterocycles. The smallest absolute Gasteiger partial charge is 0.416 e. The molecule has 1 aliphatic rings. The number of piperidine rings is 1. The maximum Gasteiger partial charge on any atom is 0.416 e. The molecule has 3 nitrogen and oxygen atoms in total. The third kappa shape index (κ3) is 7.12. The predicted octanol–water partition coefficient (Wildman–Crippen LogP) is 8.91. The number of carboxylic acid groups (broad SMARTS) is 1. The number of rotatable bonds is 8. The van der Waals surface area contributed by atoms with E-state index < -0.39 is 34.9 Å². The number of carboxylic acids is 1. The molecule has 3 aromatic rings. The number of alkyl halides is 6. The molecule has 0 spiro atoms. The Balaban J connectivity index is 1.59. The fraction of sp³-hybridized carbons (Fsp3) is 0.406. The molecular weight excluding hydrogens is 544 g/mol. The van der Waals surface area contributed by atoms with Crippen LogP contribution >= 0.6 is 0 Å². The highest BCUT2D eigenvalue weighted by atomic mass is 19.4. The zero-order valence-electron chi connectivity index (χ0n) is 22.9. The summed E-state index contributed by atoms with van der Waals surface area (Å²) in [5.41, 5.74) is 1.00. The van der Waals surface area contributed by atoms with Gasteiger partial charge in [0.15, 0.2) is 0 Å². The zero-order valence-corrected chi connectivity index (χ0v) is 22.9. The summed E-state index contributed by atoms with van der Waals surface area (Å²) in [5.74, 6) is -0.854. The van der Waals surface area contributed by atoms with Crippen LogP contribution in [-0.4, -0.2) is 29.1 Å². The van der Waals surface area contributed by atoms with Crippen LogP contribution < -0.4 is 0 Å². The van der Waals surface area contributed by atoms with E-state index in [1.165, 1.54) is 24.3 Å². The minimum atomic E-state index is -4.46. The second-order valence-electron chi connectivity index (χ2n) is 11.1. The van der Waals surface area contributed by atoms with Gasteiger partial charge in [-0.2, -0.15) is 26.3 Å². The van der Waals surface area contributed by atoms with E-state index in [-0.39, 0.29) is 5.92 Å². The summed E-state index contributed by atoms with van der Waals surface area (Å²) < 4.78 is 78.1. The molecule has 4 rings (SSSR count). The normalized spacial score (nSPS) is 16.9. The van der Waals surface area contributed by atoms with Crippen LogP contribution in [-0.2, 0) is 29.1 Å². The van der Waals surface area contributed by atoms with Crippen molar-refractivity contribution in [3.8, 4) is 11.1 Å². The van der Waals surface area contributed by atoms with Gasteiger partial charge < -0.3 is 5.11 Å². The number of carbonyl (C=O) groups is 1. The lowest BCUT2D eigenvalue weighted by atomic mass is 9.75. The molecule has 1 heterocycles. The molecule has 0 radical (unpaired) electrons. The van der Waals surface area contributed by atoms with Crippen LogP contribution in [0.15, 0.2) is 66.7 Å². The van der Waals surface area contributed by atoms with Gasteiger partial charge in [-0.25, -0.2) is 0 Å². The van der Waals surface area contributed by atoms with Crippen LogP contribution in [0.2, 0.25) is 0 Å². The summed E-state index contributed by atoms with van der Waals surface area (Å²) in [6.45, 7) is 5.53. The summed E-state index contributed by atoms with van der Waals surface area (Å²) in [4.78, 5) is 14.6. The van der Waals surface area contributed by atoms with Crippen LogP contribution in [0.1, 0.15) is 73.3 Å². The third-order valence-electron chi connectivity index (χ3n) is 8.11. The van der Waals surface area contributed by atoms with Gasteiger partial charge in [0.2, 0.25) is 0 Å².